The summed E-state index contributed by atoms with van der Waals surface area (Å²) < 4.78 is 18.6. The monoisotopic (exact) mass is 322 g/mol. The van der Waals surface area contributed by atoms with Crippen LogP contribution < -0.4 is 10.1 Å². The number of halogens is 1. The van der Waals surface area contributed by atoms with Crippen LogP contribution in [-0.2, 0) is 4.79 Å². The van der Waals surface area contributed by atoms with E-state index >= 15 is 0 Å². The van der Waals surface area contributed by atoms with E-state index in [0.717, 1.165) is 13.0 Å². The molecule has 0 radical (unpaired) electrons. The smallest absolute Gasteiger partial charge is 0.223 e. The zero-order chi connectivity index (χ0) is 16.3. The van der Waals surface area contributed by atoms with Crippen molar-refractivity contribution in [2.45, 2.75) is 38.5 Å². The summed E-state index contributed by atoms with van der Waals surface area (Å²) in [5.74, 6) is -0.246. The molecule has 1 fully saturated rings. The Morgan fingerprint density at radius 1 is 1.17 bits per heavy atom. The molecular weight excluding hydrogens is 295 g/mol. The Balaban J connectivity index is 1.52. The lowest BCUT2D eigenvalue weighted by molar-refractivity contribution is -0.121. The first kappa shape index (κ1) is 17.7. The molecule has 1 aliphatic heterocycles. The fraction of sp³-hybridized carbons (Fsp3) is 0.611. The molecule has 0 spiro atoms. The zero-order valence-corrected chi connectivity index (χ0v) is 13.7. The number of hydrogen-bond acceptors (Lipinski definition) is 3. The van der Waals surface area contributed by atoms with E-state index in [0.29, 0.717) is 6.54 Å². The van der Waals surface area contributed by atoms with Crippen molar-refractivity contribution in [1.82, 2.24) is 10.2 Å². The van der Waals surface area contributed by atoms with E-state index in [1.54, 1.807) is 18.2 Å². The number of carbonyl (C=O) groups is 1. The lowest BCUT2D eigenvalue weighted by Gasteiger charge is -2.19. The Morgan fingerprint density at radius 3 is 2.65 bits per heavy atom. The van der Waals surface area contributed by atoms with E-state index in [-0.39, 0.29) is 24.7 Å². The second kappa shape index (κ2) is 10.2. The molecule has 0 saturated carbocycles. The first-order valence-electron chi connectivity index (χ1n) is 8.62. The first-order chi connectivity index (χ1) is 11.3. The second-order valence-corrected chi connectivity index (χ2v) is 5.99. The van der Waals surface area contributed by atoms with Crippen molar-refractivity contribution in [2.24, 2.45) is 0 Å². The van der Waals surface area contributed by atoms with Gasteiger partial charge in [-0.25, -0.2) is 4.39 Å². The van der Waals surface area contributed by atoms with E-state index < -0.39 is 5.82 Å². The summed E-state index contributed by atoms with van der Waals surface area (Å²) in [4.78, 5) is 14.2. The van der Waals surface area contributed by atoms with Crippen molar-refractivity contribution in [2.75, 3.05) is 32.8 Å². The summed E-state index contributed by atoms with van der Waals surface area (Å²) in [5.41, 5.74) is 0. The summed E-state index contributed by atoms with van der Waals surface area (Å²) >= 11 is 0. The summed E-state index contributed by atoms with van der Waals surface area (Å²) in [6.45, 7) is 4.30. The molecule has 23 heavy (non-hydrogen) atoms. The largest absolute Gasteiger partial charge is 0.490 e. The Labute approximate surface area is 138 Å². The minimum absolute atomic E-state index is 0.0443. The molecule has 0 aliphatic carbocycles. The van der Waals surface area contributed by atoms with Gasteiger partial charge in [0.1, 0.15) is 0 Å². The molecule has 5 heteroatoms. The highest BCUT2D eigenvalue weighted by molar-refractivity contribution is 5.75. The molecule has 1 saturated heterocycles. The predicted molar refractivity (Wildman–Crippen MR) is 89.0 cm³/mol. The van der Waals surface area contributed by atoms with Crippen LogP contribution in [0.4, 0.5) is 4.39 Å². The third-order valence-electron chi connectivity index (χ3n) is 4.10. The van der Waals surface area contributed by atoms with Crippen molar-refractivity contribution in [3.8, 4) is 5.75 Å². The van der Waals surface area contributed by atoms with Gasteiger partial charge in [-0.3, -0.25) is 4.79 Å². The minimum atomic E-state index is -0.398. The van der Waals surface area contributed by atoms with E-state index in [4.69, 9.17) is 4.74 Å². The Bertz CT molecular complexity index is 474. The van der Waals surface area contributed by atoms with E-state index in [1.807, 2.05) is 0 Å². The third kappa shape index (κ3) is 6.99. The molecule has 0 unspecified atom stereocenters. The third-order valence-corrected chi connectivity index (χ3v) is 4.10. The van der Waals surface area contributed by atoms with Crippen LogP contribution in [0.2, 0.25) is 0 Å². The normalized spacial score (nSPS) is 15.9. The van der Waals surface area contributed by atoms with Crippen LogP contribution in [0, 0.1) is 5.82 Å². The van der Waals surface area contributed by atoms with Gasteiger partial charge in [0.05, 0.1) is 13.0 Å². The predicted octanol–water partition coefficient (Wildman–Crippen LogP) is 2.98. The van der Waals surface area contributed by atoms with Gasteiger partial charge in [-0.1, -0.05) is 25.0 Å². The number of nitrogens with one attached hydrogen (secondary N) is 1. The van der Waals surface area contributed by atoms with Gasteiger partial charge >= 0.3 is 0 Å². The van der Waals surface area contributed by atoms with E-state index in [2.05, 4.69) is 10.2 Å². The van der Waals surface area contributed by atoms with Crippen molar-refractivity contribution in [3.05, 3.63) is 30.1 Å². The summed E-state index contributed by atoms with van der Waals surface area (Å²) in [6, 6.07) is 6.23. The number of likely N-dealkylation sites (tertiary alicyclic amines) is 1. The number of para-hydroxylation sites is 1. The fourth-order valence-electron chi connectivity index (χ4n) is 2.79. The van der Waals surface area contributed by atoms with Gasteiger partial charge in [0.15, 0.2) is 11.6 Å². The SMILES string of the molecule is O=C(CCOc1ccccc1F)NCCCN1CCCCCC1. The Kier molecular flexibility index (Phi) is 7.87. The molecule has 1 N–H and O–H groups in total. The van der Waals surface area contributed by atoms with Gasteiger partial charge in [-0.05, 0) is 51.0 Å². The van der Waals surface area contributed by atoms with Crippen LogP contribution in [0.5, 0.6) is 5.75 Å². The molecule has 1 aromatic carbocycles. The number of nitrogens with zero attached hydrogens (tertiary/aromatic N) is 1. The number of hydrogen-bond donors (Lipinski definition) is 1. The Morgan fingerprint density at radius 2 is 1.91 bits per heavy atom. The molecule has 1 aliphatic rings. The molecule has 1 amide bonds. The average Bonchev–Trinajstić information content (AvgIpc) is 2.82. The molecule has 1 heterocycles. The second-order valence-electron chi connectivity index (χ2n) is 5.99. The maximum absolute atomic E-state index is 13.3. The molecular formula is C18H27FN2O2. The molecule has 2 rings (SSSR count). The van der Waals surface area contributed by atoms with Gasteiger partial charge in [0.2, 0.25) is 5.91 Å². The number of rotatable bonds is 8. The van der Waals surface area contributed by atoms with Crippen LogP contribution >= 0.6 is 0 Å². The summed E-state index contributed by atoms with van der Waals surface area (Å²) in [6.07, 6.45) is 6.49. The van der Waals surface area contributed by atoms with Crippen LogP contribution in [0.3, 0.4) is 0 Å². The standard InChI is InChI=1S/C18H27FN2O2/c19-16-8-3-4-9-17(16)23-15-10-18(22)20-11-7-14-21-12-5-1-2-6-13-21/h3-4,8-9H,1-2,5-7,10-15H2,(H,20,22). The zero-order valence-electron chi connectivity index (χ0n) is 13.7. The van der Waals surface area contributed by atoms with Crippen LogP contribution in [0.1, 0.15) is 38.5 Å². The van der Waals surface area contributed by atoms with Crippen molar-refractivity contribution in [3.63, 3.8) is 0 Å². The maximum atomic E-state index is 13.3. The average molecular weight is 322 g/mol. The molecule has 0 bridgehead atoms. The maximum Gasteiger partial charge on any atom is 0.223 e. The van der Waals surface area contributed by atoms with Gasteiger partial charge < -0.3 is 15.0 Å². The highest BCUT2D eigenvalue weighted by atomic mass is 19.1. The topological polar surface area (TPSA) is 41.6 Å². The fourth-order valence-corrected chi connectivity index (χ4v) is 2.79. The van der Waals surface area contributed by atoms with Gasteiger partial charge in [-0.2, -0.15) is 0 Å². The quantitative estimate of drug-likeness (QED) is 0.748. The van der Waals surface area contributed by atoms with Crippen molar-refractivity contribution < 1.29 is 13.9 Å². The van der Waals surface area contributed by atoms with Crippen LogP contribution in [0.15, 0.2) is 24.3 Å². The van der Waals surface area contributed by atoms with Gasteiger partial charge in [-0.15, -0.1) is 0 Å². The summed E-state index contributed by atoms with van der Waals surface area (Å²) in [5, 5.41) is 2.90. The summed E-state index contributed by atoms with van der Waals surface area (Å²) in [7, 11) is 0. The molecule has 128 valence electrons. The minimum Gasteiger partial charge on any atom is -0.490 e. The lowest BCUT2D eigenvalue weighted by Crippen LogP contribution is -2.31. The molecule has 0 aromatic heterocycles. The van der Waals surface area contributed by atoms with E-state index in [9.17, 15) is 9.18 Å². The van der Waals surface area contributed by atoms with Crippen molar-refractivity contribution in [1.29, 1.82) is 0 Å². The van der Waals surface area contributed by atoms with E-state index in [1.165, 1.54) is 44.8 Å². The van der Waals surface area contributed by atoms with Crippen LogP contribution in [-0.4, -0.2) is 43.6 Å². The van der Waals surface area contributed by atoms with Crippen molar-refractivity contribution >= 4 is 5.91 Å². The molecule has 1 aromatic rings. The van der Waals surface area contributed by atoms with Crippen LogP contribution in [0.25, 0.3) is 0 Å². The highest BCUT2D eigenvalue weighted by Gasteiger charge is 2.09. The molecule has 4 nitrogen and oxygen atoms in total. The number of ether oxygens (including phenoxy) is 1. The highest BCUT2D eigenvalue weighted by Crippen LogP contribution is 2.15. The van der Waals surface area contributed by atoms with Gasteiger partial charge in [0, 0.05) is 6.54 Å². The van der Waals surface area contributed by atoms with Gasteiger partial charge in [0.25, 0.3) is 0 Å². The Hall–Kier alpha value is -1.62. The number of carbonyl (C=O) groups excluding carboxylic acids is 1. The molecule has 0 atom stereocenters. The number of amides is 1. The number of benzene rings is 1. The lowest BCUT2D eigenvalue weighted by atomic mass is 10.2. The first-order valence-corrected chi connectivity index (χ1v) is 8.62.